The van der Waals surface area contributed by atoms with Crippen molar-refractivity contribution in [2.24, 2.45) is 0 Å². The van der Waals surface area contributed by atoms with Gasteiger partial charge in [0.25, 0.3) is 5.91 Å². The van der Waals surface area contributed by atoms with Crippen LogP contribution < -0.4 is 15.5 Å². The molecule has 0 spiro atoms. The van der Waals surface area contributed by atoms with Crippen LogP contribution in [0.1, 0.15) is 36.7 Å². The van der Waals surface area contributed by atoms with E-state index in [0.717, 1.165) is 5.56 Å². The van der Waals surface area contributed by atoms with E-state index in [1.807, 2.05) is 0 Å². The maximum absolute atomic E-state index is 12.8. The summed E-state index contributed by atoms with van der Waals surface area (Å²) in [6.45, 7) is 5.35. The van der Waals surface area contributed by atoms with Crippen LogP contribution >= 0.6 is 0 Å². The summed E-state index contributed by atoms with van der Waals surface area (Å²) in [6.07, 6.45) is 2.05. The van der Waals surface area contributed by atoms with Crippen molar-refractivity contribution in [1.29, 1.82) is 0 Å². The second kappa shape index (κ2) is 11.1. The summed E-state index contributed by atoms with van der Waals surface area (Å²) in [7, 11) is 1.60. The molecule has 0 radical (unpaired) electrons. The van der Waals surface area contributed by atoms with E-state index in [1.54, 1.807) is 101 Å². The second-order valence-electron chi connectivity index (χ2n) is 8.65. The predicted octanol–water partition coefficient (Wildman–Crippen LogP) is 5.45. The molecule has 2 aromatic carbocycles. The van der Waals surface area contributed by atoms with Gasteiger partial charge in [-0.2, -0.15) is 0 Å². The molecule has 9 heteroatoms. The fourth-order valence-corrected chi connectivity index (χ4v) is 2.96. The summed E-state index contributed by atoms with van der Waals surface area (Å²) >= 11 is 0. The Kier molecular flexibility index (Phi) is 8.04. The highest BCUT2D eigenvalue weighted by atomic mass is 16.6. The van der Waals surface area contributed by atoms with Gasteiger partial charge < -0.3 is 14.8 Å². The third-order valence-corrected chi connectivity index (χ3v) is 4.70. The number of aromatic nitrogens is 1. The summed E-state index contributed by atoms with van der Waals surface area (Å²) in [4.78, 5) is 42.5. The number of nitrogens with zero attached hydrogens (tertiary/aromatic N) is 2. The fourth-order valence-electron chi connectivity index (χ4n) is 2.96. The Bertz CT molecular complexity index is 1170. The van der Waals surface area contributed by atoms with Crippen LogP contribution in [-0.4, -0.2) is 35.7 Å². The standard InChI is InChI=1S/C26H28N4O5/c1-26(2,3)35-24(32)29-22-10-6-5-9-21(22)28-23(31)19-13-11-18(12-14-19)17-34-25(33)30(4)20-8-7-15-27-16-20/h5-16H,17H2,1-4H3,(H,28,31)(H,29,32). The zero-order valence-electron chi connectivity index (χ0n) is 20.1. The summed E-state index contributed by atoms with van der Waals surface area (Å²) in [5, 5.41) is 5.44. The van der Waals surface area contributed by atoms with E-state index in [1.165, 1.54) is 4.90 Å². The molecule has 3 aromatic rings. The molecule has 0 saturated carbocycles. The van der Waals surface area contributed by atoms with Crippen LogP contribution in [0.3, 0.4) is 0 Å². The Balaban J connectivity index is 1.58. The Morgan fingerprint density at radius 3 is 2.17 bits per heavy atom. The van der Waals surface area contributed by atoms with Gasteiger partial charge in [-0.3, -0.25) is 20.0 Å². The number of rotatable bonds is 6. The first-order valence-corrected chi connectivity index (χ1v) is 10.9. The van der Waals surface area contributed by atoms with Gasteiger partial charge in [-0.25, -0.2) is 9.59 Å². The van der Waals surface area contributed by atoms with Crippen LogP contribution in [0, 0.1) is 0 Å². The van der Waals surface area contributed by atoms with E-state index < -0.39 is 17.8 Å². The molecule has 3 amide bonds. The fraction of sp³-hybridized carbons (Fsp3) is 0.231. The number of carbonyl (C=O) groups excluding carboxylic acids is 3. The zero-order chi connectivity index (χ0) is 25.4. The summed E-state index contributed by atoms with van der Waals surface area (Å²) < 4.78 is 10.6. The van der Waals surface area contributed by atoms with Crippen LogP contribution in [-0.2, 0) is 16.1 Å². The lowest BCUT2D eigenvalue weighted by atomic mass is 10.1. The maximum Gasteiger partial charge on any atom is 0.414 e. The lowest BCUT2D eigenvalue weighted by Gasteiger charge is -2.20. The van der Waals surface area contributed by atoms with Crippen molar-refractivity contribution in [3.05, 3.63) is 84.2 Å². The topological polar surface area (TPSA) is 110 Å². The van der Waals surface area contributed by atoms with E-state index in [9.17, 15) is 14.4 Å². The number of hydrogen-bond acceptors (Lipinski definition) is 6. The van der Waals surface area contributed by atoms with Gasteiger partial charge in [-0.15, -0.1) is 0 Å². The molecule has 1 heterocycles. The van der Waals surface area contributed by atoms with Gasteiger partial charge in [0, 0.05) is 18.8 Å². The van der Waals surface area contributed by atoms with Crippen molar-refractivity contribution < 1.29 is 23.9 Å². The van der Waals surface area contributed by atoms with Gasteiger partial charge in [-0.05, 0) is 62.7 Å². The molecule has 9 nitrogen and oxygen atoms in total. The average molecular weight is 477 g/mol. The maximum atomic E-state index is 12.8. The Morgan fingerprint density at radius 1 is 0.914 bits per heavy atom. The first-order valence-electron chi connectivity index (χ1n) is 10.9. The molecule has 1 aromatic heterocycles. The SMILES string of the molecule is CN(C(=O)OCc1ccc(C(=O)Nc2ccccc2NC(=O)OC(C)(C)C)cc1)c1cccnc1. The molecule has 3 rings (SSSR count). The summed E-state index contributed by atoms with van der Waals surface area (Å²) in [5.74, 6) is -0.358. The van der Waals surface area contributed by atoms with Crippen molar-refractivity contribution >= 4 is 35.2 Å². The molecule has 0 atom stereocenters. The molecular weight excluding hydrogens is 448 g/mol. The van der Waals surface area contributed by atoms with Gasteiger partial charge in [-0.1, -0.05) is 24.3 Å². The normalized spacial score (nSPS) is 10.7. The van der Waals surface area contributed by atoms with Gasteiger partial charge in [0.1, 0.15) is 12.2 Å². The van der Waals surface area contributed by atoms with E-state index in [-0.39, 0.29) is 12.5 Å². The Hall–Kier alpha value is -4.40. The minimum atomic E-state index is -0.646. The quantitative estimate of drug-likeness (QED) is 0.489. The molecule has 182 valence electrons. The molecule has 0 fully saturated rings. The monoisotopic (exact) mass is 476 g/mol. The molecule has 2 N–H and O–H groups in total. The van der Waals surface area contributed by atoms with Crippen LogP contribution in [0.2, 0.25) is 0 Å². The predicted molar refractivity (Wildman–Crippen MR) is 134 cm³/mol. The van der Waals surface area contributed by atoms with Crippen LogP contribution in [0.4, 0.5) is 26.7 Å². The molecule has 0 aliphatic carbocycles. The minimum Gasteiger partial charge on any atom is -0.444 e. The van der Waals surface area contributed by atoms with E-state index >= 15 is 0 Å². The lowest BCUT2D eigenvalue weighted by Crippen LogP contribution is -2.27. The van der Waals surface area contributed by atoms with Gasteiger partial charge in [0.2, 0.25) is 0 Å². The van der Waals surface area contributed by atoms with Crippen LogP contribution in [0.15, 0.2) is 73.1 Å². The van der Waals surface area contributed by atoms with Gasteiger partial charge in [0.15, 0.2) is 0 Å². The Morgan fingerprint density at radius 2 is 1.57 bits per heavy atom. The number of pyridine rings is 1. The number of carbonyl (C=O) groups is 3. The zero-order valence-corrected chi connectivity index (χ0v) is 20.1. The largest absolute Gasteiger partial charge is 0.444 e. The first kappa shape index (κ1) is 25.2. The number of benzene rings is 2. The smallest absolute Gasteiger partial charge is 0.414 e. The number of hydrogen-bond donors (Lipinski definition) is 2. The van der Waals surface area contributed by atoms with Crippen molar-refractivity contribution in [2.75, 3.05) is 22.6 Å². The van der Waals surface area contributed by atoms with Crippen LogP contribution in [0.25, 0.3) is 0 Å². The van der Waals surface area contributed by atoms with Crippen molar-refractivity contribution in [3.8, 4) is 0 Å². The van der Waals surface area contributed by atoms with E-state index in [2.05, 4.69) is 15.6 Å². The molecule has 0 saturated heterocycles. The van der Waals surface area contributed by atoms with Gasteiger partial charge >= 0.3 is 12.2 Å². The molecule has 35 heavy (non-hydrogen) atoms. The average Bonchev–Trinajstić information content (AvgIpc) is 2.83. The third kappa shape index (κ3) is 7.56. The first-order chi connectivity index (χ1) is 16.6. The molecular formula is C26H28N4O5. The number of ether oxygens (including phenoxy) is 2. The molecule has 0 unspecified atom stereocenters. The van der Waals surface area contributed by atoms with E-state index in [0.29, 0.717) is 22.6 Å². The van der Waals surface area contributed by atoms with Crippen LogP contribution in [0.5, 0.6) is 0 Å². The third-order valence-electron chi connectivity index (χ3n) is 4.70. The molecule has 0 bridgehead atoms. The molecule has 0 aliphatic heterocycles. The van der Waals surface area contributed by atoms with E-state index in [4.69, 9.17) is 9.47 Å². The summed E-state index contributed by atoms with van der Waals surface area (Å²) in [6, 6.07) is 17.0. The number of amides is 3. The summed E-state index contributed by atoms with van der Waals surface area (Å²) in [5.41, 5.74) is 1.94. The Labute approximate surface area is 204 Å². The highest BCUT2D eigenvalue weighted by Gasteiger charge is 2.18. The van der Waals surface area contributed by atoms with Crippen molar-refractivity contribution in [3.63, 3.8) is 0 Å². The van der Waals surface area contributed by atoms with Crippen molar-refractivity contribution in [2.45, 2.75) is 33.0 Å². The number of para-hydroxylation sites is 2. The highest BCUT2D eigenvalue weighted by Crippen LogP contribution is 2.23. The number of anilines is 3. The molecule has 0 aliphatic rings. The van der Waals surface area contributed by atoms with Crippen molar-refractivity contribution in [1.82, 2.24) is 4.98 Å². The lowest BCUT2D eigenvalue weighted by molar-refractivity contribution is 0.0635. The number of nitrogens with one attached hydrogen (secondary N) is 2. The minimum absolute atomic E-state index is 0.0496. The highest BCUT2D eigenvalue weighted by molar-refractivity contribution is 6.06. The van der Waals surface area contributed by atoms with Gasteiger partial charge in [0.05, 0.1) is 23.3 Å². The second-order valence-corrected chi connectivity index (χ2v) is 8.65.